The van der Waals surface area contributed by atoms with Gasteiger partial charge in [-0.15, -0.1) is 0 Å². The van der Waals surface area contributed by atoms with E-state index in [1.165, 1.54) is 6.92 Å². The van der Waals surface area contributed by atoms with Gasteiger partial charge in [-0.3, -0.25) is 9.59 Å². The van der Waals surface area contributed by atoms with Crippen molar-refractivity contribution in [3.8, 4) is 0 Å². The van der Waals surface area contributed by atoms with Crippen molar-refractivity contribution < 1.29 is 14.3 Å². The standard InChI is InChI=1S/C12H24N2O3/c1-10(2)12(16)13-6-8-14(11(3)15)7-5-9-17-4/h10H,5-9H2,1-4H3,(H,13,16). The van der Waals surface area contributed by atoms with Gasteiger partial charge in [-0.1, -0.05) is 13.8 Å². The number of ether oxygens (including phenoxy) is 1. The van der Waals surface area contributed by atoms with E-state index in [1.54, 1.807) is 12.0 Å². The van der Waals surface area contributed by atoms with Crippen molar-refractivity contribution in [2.24, 2.45) is 5.92 Å². The van der Waals surface area contributed by atoms with Gasteiger partial charge in [0.25, 0.3) is 0 Å². The van der Waals surface area contributed by atoms with Crippen LogP contribution in [0.1, 0.15) is 27.2 Å². The highest BCUT2D eigenvalue weighted by molar-refractivity contribution is 5.78. The van der Waals surface area contributed by atoms with E-state index in [1.807, 2.05) is 13.8 Å². The van der Waals surface area contributed by atoms with Crippen LogP contribution >= 0.6 is 0 Å². The first kappa shape index (κ1) is 15.9. The molecule has 0 heterocycles. The Morgan fingerprint density at radius 1 is 1.29 bits per heavy atom. The van der Waals surface area contributed by atoms with Crippen LogP contribution < -0.4 is 5.32 Å². The molecule has 0 saturated carbocycles. The van der Waals surface area contributed by atoms with Gasteiger partial charge in [0.15, 0.2) is 0 Å². The highest BCUT2D eigenvalue weighted by atomic mass is 16.5. The van der Waals surface area contributed by atoms with Gasteiger partial charge >= 0.3 is 0 Å². The summed E-state index contributed by atoms with van der Waals surface area (Å²) in [5, 5.41) is 2.79. The summed E-state index contributed by atoms with van der Waals surface area (Å²) in [5.74, 6) is 0.0274. The van der Waals surface area contributed by atoms with Crippen molar-refractivity contribution in [1.29, 1.82) is 0 Å². The lowest BCUT2D eigenvalue weighted by molar-refractivity contribution is -0.130. The fourth-order valence-corrected chi connectivity index (χ4v) is 1.34. The molecule has 5 nitrogen and oxygen atoms in total. The molecule has 0 unspecified atom stereocenters. The Balaban J connectivity index is 3.85. The molecule has 5 heteroatoms. The third-order valence-electron chi connectivity index (χ3n) is 2.43. The Kier molecular flexibility index (Phi) is 8.40. The number of hydrogen-bond donors (Lipinski definition) is 1. The van der Waals surface area contributed by atoms with Crippen LogP contribution in [0.15, 0.2) is 0 Å². The van der Waals surface area contributed by atoms with Crippen LogP contribution in [0.4, 0.5) is 0 Å². The fraction of sp³-hybridized carbons (Fsp3) is 0.833. The van der Waals surface area contributed by atoms with Gasteiger partial charge < -0.3 is 15.0 Å². The van der Waals surface area contributed by atoms with Gasteiger partial charge in [0.05, 0.1) is 0 Å². The van der Waals surface area contributed by atoms with Gasteiger partial charge in [-0.05, 0) is 6.42 Å². The molecule has 2 amide bonds. The van der Waals surface area contributed by atoms with Crippen LogP contribution in [-0.4, -0.2) is 50.1 Å². The number of carbonyl (C=O) groups is 2. The van der Waals surface area contributed by atoms with Crippen LogP contribution in [0.2, 0.25) is 0 Å². The second-order valence-corrected chi connectivity index (χ2v) is 4.30. The van der Waals surface area contributed by atoms with Crippen LogP contribution in [0.3, 0.4) is 0 Å². The molecule has 0 aromatic carbocycles. The number of nitrogens with zero attached hydrogens (tertiary/aromatic N) is 1. The summed E-state index contributed by atoms with van der Waals surface area (Å²) in [6, 6.07) is 0. The average molecular weight is 244 g/mol. The van der Waals surface area contributed by atoms with E-state index in [9.17, 15) is 9.59 Å². The highest BCUT2D eigenvalue weighted by Crippen LogP contribution is 1.94. The second kappa shape index (κ2) is 8.98. The molecule has 0 rings (SSSR count). The van der Waals surface area contributed by atoms with Crippen LogP contribution in [-0.2, 0) is 14.3 Å². The number of methoxy groups -OCH3 is 1. The largest absolute Gasteiger partial charge is 0.385 e. The summed E-state index contributed by atoms with van der Waals surface area (Å²) in [6.07, 6.45) is 0.814. The van der Waals surface area contributed by atoms with Crippen molar-refractivity contribution >= 4 is 11.8 Å². The van der Waals surface area contributed by atoms with Crippen molar-refractivity contribution in [2.45, 2.75) is 27.2 Å². The van der Waals surface area contributed by atoms with Gasteiger partial charge in [-0.2, -0.15) is 0 Å². The normalized spacial score (nSPS) is 10.4. The molecule has 0 spiro atoms. The lowest BCUT2D eigenvalue weighted by Gasteiger charge is -2.21. The van der Waals surface area contributed by atoms with Crippen LogP contribution in [0, 0.1) is 5.92 Å². The first-order valence-electron chi connectivity index (χ1n) is 6.01. The van der Waals surface area contributed by atoms with E-state index in [-0.39, 0.29) is 17.7 Å². The second-order valence-electron chi connectivity index (χ2n) is 4.30. The molecular weight excluding hydrogens is 220 g/mol. The number of carbonyl (C=O) groups excluding carboxylic acids is 2. The molecule has 17 heavy (non-hydrogen) atoms. The molecule has 0 fully saturated rings. The molecule has 0 aliphatic carbocycles. The molecule has 0 atom stereocenters. The SMILES string of the molecule is COCCCN(CCNC(=O)C(C)C)C(C)=O. The zero-order valence-electron chi connectivity index (χ0n) is 11.3. The summed E-state index contributed by atoms with van der Waals surface area (Å²) >= 11 is 0. The Hall–Kier alpha value is -1.10. The molecular formula is C12H24N2O3. The Morgan fingerprint density at radius 3 is 2.41 bits per heavy atom. The molecule has 0 aliphatic rings. The maximum atomic E-state index is 11.3. The monoisotopic (exact) mass is 244 g/mol. The summed E-state index contributed by atoms with van der Waals surface area (Å²) in [4.78, 5) is 24.4. The third-order valence-corrected chi connectivity index (χ3v) is 2.43. The van der Waals surface area contributed by atoms with Gasteiger partial charge in [0.1, 0.15) is 0 Å². The summed E-state index contributed by atoms with van der Waals surface area (Å²) < 4.78 is 4.94. The summed E-state index contributed by atoms with van der Waals surface area (Å²) in [6.45, 7) is 7.59. The van der Waals surface area contributed by atoms with Gasteiger partial charge in [0, 0.05) is 46.2 Å². The molecule has 0 aliphatic heterocycles. The Bertz CT molecular complexity index is 242. The molecule has 0 aromatic rings. The molecule has 1 N–H and O–H groups in total. The van der Waals surface area contributed by atoms with Crippen molar-refractivity contribution in [1.82, 2.24) is 10.2 Å². The molecule has 0 saturated heterocycles. The number of nitrogens with one attached hydrogen (secondary N) is 1. The number of rotatable bonds is 8. The van der Waals surface area contributed by atoms with Crippen LogP contribution in [0.25, 0.3) is 0 Å². The van der Waals surface area contributed by atoms with E-state index in [4.69, 9.17) is 4.74 Å². The third kappa shape index (κ3) is 7.74. The fourth-order valence-electron chi connectivity index (χ4n) is 1.34. The highest BCUT2D eigenvalue weighted by Gasteiger charge is 2.10. The maximum absolute atomic E-state index is 11.3. The Labute approximate surface area is 103 Å². The van der Waals surface area contributed by atoms with Crippen LogP contribution in [0.5, 0.6) is 0 Å². The molecule has 0 aromatic heterocycles. The molecule has 0 bridgehead atoms. The zero-order chi connectivity index (χ0) is 13.3. The first-order valence-corrected chi connectivity index (χ1v) is 6.01. The van der Waals surface area contributed by atoms with Crippen molar-refractivity contribution in [3.05, 3.63) is 0 Å². The van der Waals surface area contributed by atoms with Crippen molar-refractivity contribution in [3.63, 3.8) is 0 Å². The molecule has 100 valence electrons. The smallest absolute Gasteiger partial charge is 0.222 e. The number of hydrogen-bond acceptors (Lipinski definition) is 3. The van der Waals surface area contributed by atoms with E-state index in [0.717, 1.165) is 6.42 Å². The number of amides is 2. The lowest BCUT2D eigenvalue weighted by atomic mass is 10.2. The maximum Gasteiger partial charge on any atom is 0.222 e. The van der Waals surface area contributed by atoms with E-state index >= 15 is 0 Å². The average Bonchev–Trinajstić information content (AvgIpc) is 2.26. The lowest BCUT2D eigenvalue weighted by Crippen LogP contribution is -2.39. The quantitative estimate of drug-likeness (QED) is 0.638. The van der Waals surface area contributed by atoms with E-state index in [0.29, 0.717) is 26.2 Å². The summed E-state index contributed by atoms with van der Waals surface area (Å²) in [7, 11) is 1.64. The van der Waals surface area contributed by atoms with Gasteiger partial charge in [-0.25, -0.2) is 0 Å². The Morgan fingerprint density at radius 2 is 1.94 bits per heavy atom. The topological polar surface area (TPSA) is 58.6 Å². The predicted molar refractivity (Wildman–Crippen MR) is 66.6 cm³/mol. The zero-order valence-corrected chi connectivity index (χ0v) is 11.3. The molecule has 0 radical (unpaired) electrons. The minimum absolute atomic E-state index is 0.0189. The summed E-state index contributed by atoms with van der Waals surface area (Å²) in [5.41, 5.74) is 0. The predicted octanol–water partition coefficient (Wildman–Crippen LogP) is 0.644. The van der Waals surface area contributed by atoms with E-state index < -0.39 is 0 Å². The van der Waals surface area contributed by atoms with Gasteiger partial charge in [0.2, 0.25) is 11.8 Å². The minimum Gasteiger partial charge on any atom is -0.385 e. The minimum atomic E-state index is -0.0192. The first-order chi connectivity index (χ1) is 7.99. The van der Waals surface area contributed by atoms with E-state index in [2.05, 4.69) is 5.32 Å². The van der Waals surface area contributed by atoms with Crippen molar-refractivity contribution in [2.75, 3.05) is 33.4 Å².